The molecule has 1 amide bonds. The minimum Gasteiger partial charge on any atom is -0.411 e. The van der Waals surface area contributed by atoms with Gasteiger partial charge in [-0.15, -0.1) is 10.2 Å². The van der Waals surface area contributed by atoms with E-state index in [1.54, 1.807) is 25.1 Å². The lowest BCUT2D eigenvalue weighted by atomic mass is 10.2. The maximum atomic E-state index is 13.0. The molecule has 0 aliphatic heterocycles. The number of anilines is 1. The first-order chi connectivity index (χ1) is 13.5. The van der Waals surface area contributed by atoms with E-state index in [9.17, 15) is 14.0 Å². The van der Waals surface area contributed by atoms with Crippen LogP contribution in [0, 0.1) is 5.82 Å². The molecule has 0 unspecified atom stereocenters. The molecule has 0 saturated heterocycles. The Morgan fingerprint density at radius 3 is 2.68 bits per heavy atom. The van der Waals surface area contributed by atoms with Crippen molar-refractivity contribution in [3.05, 3.63) is 58.8 Å². The molecule has 0 saturated carbocycles. The van der Waals surface area contributed by atoms with Crippen molar-refractivity contribution in [2.24, 2.45) is 0 Å². The van der Waals surface area contributed by atoms with E-state index in [1.165, 1.54) is 24.3 Å². The molecule has 142 valence electrons. The van der Waals surface area contributed by atoms with Gasteiger partial charge in [0.25, 0.3) is 5.22 Å². The van der Waals surface area contributed by atoms with Crippen molar-refractivity contribution in [1.82, 2.24) is 20.2 Å². The largest absolute Gasteiger partial charge is 0.411 e. The Balaban J connectivity index is 1.42. The van der Waals surface area contributed by atoms with E-state index in [2.05, 4.69) is 25.5 Å². The molecule has 28 heavy (non-hydrogen) atoms. The average Bonchev–Trinajstić information content (AvgIpc) is 3.27. The topological polar surface area (TPSA) is 117 Å². The van der Waals surface area contributed by atoms with Crippen molar-refractivity contribution >= 4 is 34.4 Å². The van der Waals surface area contributed by atoms with E-state index >= 15 is 0 Å². The highest BCUT2D eigenvalue weighted by molar-refractivity contribution is 8.00. The third kappa shape index (κ3) is 3.81. The number of amides is 1. The molecular weight excluding hydrogens is 385 g/mol. The molecule has 10 heteroatoms. The van der Waals surface area contributed by atoms with Gasteiger partial charge in [-0.2, -0.15) is 0 Å². The minimum atomic E-state index is -0.512. The Bertz CT molecular complexity index is 1200. The zero-order valence-corrected chi connectivity index (χ0v) is 15.3. The summed E-state index contributed by atoms with van der Waals surface area (Å²) in [6, 6.07) is 10.7. The molecule has 2 heterocycles. The fraction of sp³-hybridized carbons (Fsp3) is 0.111. The van der Waals surface area contributed by atoms with Crippen LogP contribution in [0.1, 0.15) is 6.92 Å². The van der Waals surface area contributed by atoms with Crippen LogP contribution in [0.15, 0.2) is 56.9 Å². The third-order valence-electron chi connectivity index (χ3n) is 3.93. The SMILES string of the molecule is C[C@H](Sc1nnc(-c2ccc(F)cc2)o1)C(=O)Nc1ccc2[nH]c(=O)[nH]c2c1. The molecule has 0 aliphatic rings. The summed E-state index contributed by atoms with van der Waals surface area (Å²) in [6.07, 6.45) is 0. The van der Waals surface area contributed by atoms with Gasteiger partial charge in [-0.25, -0.2) is 9.18 Å². The lowest BCUT2D eigenvalue weighted by Crippen LogP contribution is -2.22. The van der Waals surface area contributed by atoms with Gasteiger partial charge >= 0.3 is 5.69 Å². The standard InChI is InChI=1S/C18H14FN5O3S/c1-9(15(25)20-12-6-7-13-14(8-12)22-17(26)21-13)28-18-24-23-16(27-18)10-2-4-11(19)5-3-10/h2-9H,1H3,(H,20,25)(H2,21,22,26)/t9-/m0/s1. The number of hydrogen-bond acceptors (Lipinski definition) is 6. The van der Waals surface area contributed by atoms with Crippen LogP contribution in [0.4, 0.5) is 10.1 Å². The van der Waals surface area contributed by atoms with Gasteiger partial charge in [0.2, 0.25) is 11.8 Å². The number of imidazole rings is 1. The van der Waals surface area contributed by atoms with E-state index in [-0.39, 0.29) is 28.5 Å². The Morgan fingerprint density at radius 2 is 1.89 bits per heavy atom. The first kappa shape index (κ1) is 18.0. The van der Waals surface area contributed by atoms with Crippen molar-refractivity contribution in [2.75, 3.05) is 5.32 Å². The van der Waals surface area contributed by atoms with Gasteiger partial charge in [-0.1, -0.05) is 11.8 Å². The highest BCUT2D eigenvalue weighted by Crippen LogP contribution is 2.27. The number of carbonyl (C=O) groups is 1. The number of benzene rings is 2. The van der Waals surface area contributed by atoms with Crippen molar-refractivity contribution in [2.45, 2.75) is 17.4 Å². The molecule has 0 fully saturated rings. The van der Waals surface area contributed by atoms with Crippen LogP contribution >= 0.6 is 11.8 Å². The molecule has 0 aliphatic carbocycles. The number of hydrogen-bond donors (Lipinski definition) is 3. The Labute approximate surface area is 161 Å². The number of thioether (sulfide) groups is 1. The first-order valence-electron chi connectivity index (χ1n) is 8.27. The lowest BCUT2D eigenvalue weighted by Gasteiger charge is -2.09. The molecule has 3 N–H and O–H groups in total. The predicted molar refractivity (Wildman–Crippen MR) is 103 cm³/mol. The minimum absolute atomic E-state index is 0.229. The summed E-state index contributed by atoms with van der Waals surface area (Å²) in [5.41, 5.74) is 2.09. The van der Waals surface area contributed by atoms with Crippen LogP contribution in [0.3, 0.4) is 0 Å². The van der Waals surface area contributed by atoms with Gasteiger partial charge < -0.3 is 19.7 Å². The second-order valence-electron chi connectivity index (χ2n) is 5.97. The van der Waals surface area contributed by atoms with Gasteiger partial charge in [-0.05, 0) is 49.4 Å². The van der Waals surface area contributed by atoms with Crippen LogP contribution in [0.2, 0.25) is 0 Å². The monoisotopic (exact) mass is 399 g/mol. The van der Waals surface area contributed by atoms with Gasteiger partial charge in [0.15, 0.2) is 0 Å². The van der Waals surface area contributed by atoms with E-state index in [0.717, 1.165) is 11.8 Å². The fourth-order valence-electron chi connectivity index (χ4n) is 2.53. The predicted octanol–water partition coefficient (Wildman–Crippen LogP) is 3.16. The zero-order valence-electron chi connectivity index (χ0n) is 14.5. The third-order valence-corrected chi connectivity index (χ3v) is 4.86. The number of rotatable bonds is 5. The van der Waals surface area contributed by atoms with Crippen molar-refractivity contribution in [3.63, 3.8) is 0 Å². The zero-order chi connectivity index (χ0) is 19.7. The molecular formula is C18H14FN5O3S. The van der Waals surface area contributed by atoms with Crippen LogP contribution < -0.4 is 11.0 Å². The van der Waals surface area contributed by atoms with E-state index in [1.807, 2.05) is 0 Å². The molecule has 2 aromatic heterocycles. The van der Waals surface area contributed by atoms with E-state index in [0.29, 0.717) is 22.3 Å². The molecule has 0 radical (unpaired) electrons. The summed E-state index contributed by atoms with van der Waals surface area (Å²) < 4.78 is 18.5. The second kappa shape index (κ2) is 7.31. The molecule has 1 atom stereocenters. The van der Waals surface area contributed by atoms with Crippen molar-refractivity contribution < 1.29 is 13.6 Å². The normalized spacial score (nSPS) is 12.2. The molecule has 8 nitrogen and oxygen atoms in total. The summed E-state index contributed by atoms with van der Waals surface area (Å²) in [5.74, 6) is -0.370. The number of H-pyrrole nitrogens is 2. The molecule has 4 rings (SSSR count). The Hall–Kier alpha value is -3.40. The molecule has 2 aromatic carbocycles. The van der Waals surface area contributed by atoms with Crippen molar-refractivity contribution in [3.8, 4) is 11.5 Å². The second-order valence-corrected chi connectivity index (χ2v) is 7.26. The Morgan fingerprint density at radius 1 is 1.14 bits per heavy atom. The van der Waals surface area contributed by atoms with Crippen LogP contribution in [-0.2, 0) is 4.79 Å². The summed E-state index contributed by atoms with van der Waals surface area (Å²) >= 11 is 1.11. The van der Waals surface area contributed by atoms with Crippen LogP contribution in [-0.4, -0.2) is 31.3 Å². The van der Waals surface area contributed by atoms with E-state index in [4.69, 9.17) is 4.42 Å². The average molecular weight is 399 g/mol. The number of fused-ring (bicyclic) bond motifs is 1. The summed E-state index contributed by atoms with van der Waals surface area (Å²) in [6.45, 7) is 1.71. The van der Waals surface area contributed by atoms with Gasteiger partial charge in [0, 0.05) is 11.3 Å². The van der Waals surface area contributed by atoms with Crippen LogP contribution in [0.5, 0.6) is 0 Å². The first-order valence-corrected chi connectivity index (χ1v) is 9.15. The summed E-state index contributed by atoms with van der Waals surface area (Å²) in [5, 5.41) is 10.3. The number of aromatic nitrogens is 4. The smallest absolute Gasteiger partial charge is 0.323 e. The highest BCUT2D eigenvalue weighted by atomic mass is 32.2. The number of carbonyl (C=O) groups excluding carboxylic acids is 1. The van der Waals surface area contributed by atoms with Gasteiger partial charge in [0.1, 0.15) is 5.82 Å². The summed E-state index contributed by atoms with van der Waals surface area (Å²) in [7, 11) is 0. The fourth-order valence-corrected chi connectivity index (χ4v) is 3.21. The number of halogens is 1. The lowest BCUT2D eigenvalue weighted by molar-refractivity contribution is -0.115. The van der Waals surface area contributed by atoms with Gasteiger partial charge in [0.05, 0.1) is 16.3 Å². The highest BCUT2D eigenvalue weighted by Gasteiger charge is 2.19. The van der Waals surface area contributed by atoms with Crippen molar-refractivity contribution in [1.29, 1.82) is 0 Å². The molecule has 0 spiro atoms. The van der Waals surface area contributed by atoms with Gasteiger partial charge in [-0.3, -0.25) is 4.79 Å². The quantitative estimate of drug-likeness (QED) is 0.444. The number of nitrogens with zero attached hydrogens (tertiary/aromatic N) is 2. The number of aromatic amines is 2. The van der Waals surface area contributed by atoms with Crippen LogP contribution in [0.25, 0.3) is 22.5 Å². The molecule has 4 aromatic rings. The maximum absolute atomic E-state index is 13.0. The Kier molecular flexibility index (Phi) is 4.70. The summed E-state index contributed by atoms with van der Waals surface area (Å²) in [4.78, 5) is 29.0. The molecule has 0 bridgehead atoms. The van der Waals surface area contributed by atoms with E-state index < -0.39 is 5.25 Å². The number of nitrogens with one attached hydrogen (secondary N) is 3. The maximum Gasteiger partial charge on any atom is 0.323 e.